The Labute approximate surface area is 173 Å². The summed E-state index contributed by atoms with van der Waals surface area (Å²) in [6, 6.07) is 11.6. The van der Waals surface area contributed by atoms with Crippen LogP contribution >= 0.6 is 27.5 Å². The molecule has 2 aromatic rings. The fourth-order valence-corrected chi connectivity index (χ4v) is 3.57. The summed E-state index contributed by atoms with van der Waals surface area (Å²) < 4.78 is 0.828. The highest BCUT2D eigenvalue weighted by Gasteiger charge is 2.55. The van der Waals surface area contributed by atoms with Crippen molar-refractivity contribution in [2.75, 3.05) is 16.8 Å². The lowest BCUT2D eigenvalue weighted by molar-refractivity contribution is -0.123. The molecular formula is C18H13BrClN5O3. The van der Waals surface area contributed by atoms with Crippen LogP contribution in [0.15, 0.2) is 63.3 Å². The summed E-state index contributed by atoms with van der Waals surface area (Å²) in [6.45, 7) is -0.218. The van der Waals surface area contributed by atoms with Gasteiger partial charge in [0.25, 0.3) is 11.8 Å². The highest BCUT2D eigenvalue weighted by molar-refractivity contribution is 9.10. The van der Waals surface area contributed by atoms with E-state index < -0.39 is 29.8 Å². The van der Waals surface area contributed by atoms with E-state index >= 15 is 0 Å². The molecule has 0 aromatic heterocycles. The summed E-state index contributed by atoms with van der Waals surface area (Å²) in [5.74, 6) is -1.32. The summed E-state index contributed by atoms with van der Waals surface area (Å²) in [5, 5.41) is 12.2. The van der Waals surface area contributed by atoms with Crippen molar-refractivity contribution < 1.29 is 14.4 Å². The van der Waals surface area contributed by atoms with Crippen LogP contribution < -0.4 is 10.2 Å². The van der Waals surface area contributed by atoms with Crippen molar-refractivity contribution in [1.29, 1.82) is 0 Å². The van der Waals surface area contributed by atoms with Crippen LogP contribution in [-0.4, -0.2) is 41.4 Å². The number of nitrogens with zero attached hydrogens (tertiary/aromatic N) is 4. The zero-order valence-corrected chi connectivity index (χ0v) is 16.6. The molecule has 8 nitrogen and oxygen atoms in total. The van der Waals surface area contributed by atoms with Crippen molar-refractivity contribution >= 4 is 56.6 Å². The smallest absolute Gasteiger partial charge is 0.263 e. The normalized spacial score (nSPS) is 20.6. The first-order valence-corrected chi connectivity index (χ1v) is 9.47. The molecule has 0 saturated carbocycles. The summed E-state index contributed by atoms with van der Waals surface area (Å²) in [5.41, 5.74) is 0.974. The van der Waals surface area contributed by atoms with E-state index in [1.807, 2.05) is 0 Å². The second-order valence-corrected chi connectivity index (χ2v) is 7.59. The van der Waals surface area contributed by atoms with Crippen LogP contribution in [0.25, 0.3) is 0 Å². The standard InChI is InChI=1S/C18H13BrClN5O3/c19-10-4-6-13(7-5-10)25-17(27)15-16(18(25)28)24(23-22-15)9-14(26)21-12-3-1-2-11(20)8-12/h1-8,15-16H,9H2,(H,21,26)/t15-,16+/m1/s1. The maximum atomic E-state index is 12.9. The summed E-state index contributed by atoms with van der Waals surface area (Å²) in [6.07, 6.45) is 0. The van der Waals surface area contributed by atoms with Gasteiger partial charge in [-0.05, 0) is 42.5 Å². The minimum Gasteiger partial charge on any atom is -0.324 e. The van der Waals surface area contributed by atoms with Gasteiger partial charge in [0.2, 0.25) is 5.91 Å². The number of hydrogen-bond donors (Lipinski definition) is 1. The average Bonchev–Trinajstić information content (AvgIpc) is 3.16. The number of hydrogen-bond acceptors (Lipinski definition) is 6. The number of imide groups is 1. The van der Waals surface area contributed by atoms with Gasteiger partial charge < -0.3 is 5.32 Å². The number of benzene rings is 2. The Bertz CT molecular complexity index is 997. The molecule has 0 bridgehead atoms. The van der Waals surface area contributed by atoms with Crippen LogP contribution in [0.2, 0.25) is 5.02 Å². The quantitative estimate of drug-likeness (QED) is 0.707. The van der Waals surface area contributed by atoms with Crippen LogP contribution in [0.4, 0.5) is 11.4 Å². The third-order valence-corrected chi connectivity index (χ3v) is 5.12. The Hall–Kier alpha value is -2.78. The molecule has 0 aliphatic carbocycles. The number of fused-ring (bicyclic) bond motifs is 1. The number of rotatable bonds is 4. The lowest BCUT2D eigenvalue weighted by atomic mass is 10.1. The Morgan fingerprint density at radius 1 is 1.14 bits per heavy atom. The molecule has 3 amide bonds. The van der Waals surface area contributed by atoms with Crippen LogP contribution in [0.1, 0.15) is 0 Å². The topological polar surface area (TPSA) is 94.4 Å². The van der Waals surface area contributed by atoms with Gasteiger partial charge in [-0.1, -0.05) is 38.8 Å². The van der Waals surface area contributed by atoms with Gasteiger partial charge in [-0.25, -0.2) is 4.90 Å². The molecule has 1 saturated heterocycles. The molecule has 28 heavy (non-hydrogen) atoms. The minimum absolute atomic E-state index is 0.218. The predicted octanol–water partition coefficient (Wildman–Crippen LogP) is 3.03. The second kappa shape index (κ2) is 7.33. The molecule has 2 heterocycles. The number of nitrogens with one attached hydrogen (secondary N) is 1. The molecule has 2 atom stereocenters. The highest BCUT2D eigenvalue weighted by Crippen LogP contribution is 2.32. The lowest BCUT2D eigenvalue weighted by Gasteiger charge is -2.20. The first-order chi connectivity index (χ1) is 13.4. The van der Waals surface area contributed by atoms with Gasteiger partial charge in [-0.15, -0.1) is 0 Å². The Balaban J connectivity index is 1.48. The summed E-state index contributed by atoms with van der Waals surface area (Å²) in [7, 11) is 0. The number of carbonyl (C=O) groups excluding carboxylic acids is 3. The highest BCUT2D eigenvalue weighted by atomic mass is 79.9. The summed E-state index contributed by atoms with van der Waals surface area (Å²) >= 11 is 9.22. The Morgan fingerprint density at radius 2 is 1.89 bits per heavy atom. The van der Waals surface area contributed by atoms with Gasteiger partial charge in [-0.3, -0.25) is 19.4 Å². The average molecular weight is 463 g/mol. The maximum Gasteiger partial charge on any atom is 0.263 e. The van der Waals surface area contributed by atoms with Gasteiger partial charge >= 0.3 is 0 Å². The van der Waals surface area contributed by atoms with E-state index in [4.69, 9.17) is 11.6 Å². The van der Waals surface area contributed by atoms with E-state index in [0.717, 1.165) is 9.37 Å². The van der Waals surface area contributed by atoms with E-state index in [1.54, 1.807) is 48.5 Å². The van der Waals surface area contributed by atoms with Crippen LogP contribution in [-0.2, 0) is 14.4 Å². The van der Waals surface area contributed by atoms with Crippen LogP contribution in [0.5, 0.6) is 0 Å². The van der Waals surface area contributed by atoms with Gasteiger partial charge in [0.1, 0.15) is 6.54 Å². The van der Waals surface area contributed by atoms with Crippen LogP contribution in [0, 0.1) is 0 Å². The monoisotopic (exact) mass is 461 g/mol. The SMILES string of the molecule is O=C(CN1N=N[C@H]2C(=O)N(c3ccc(Br)cc3)C(=O)[C@H]21)Nc1cccc(Cl)c1. The molecule has 0 spiro atoms. The molecular weight excluding hydrogens is 450 g/mol. The first-order valence-electron chi connectivity index (χ1n) is 8.30. The molecule has 4 rings (SSSR count). The fraction of sp³-hybridized carbons (Fsp3) is 0.167. The van der Waals surface area contributed by atoms with E-state index in [9.17, 15) is 14.4 Å². The fourth-order valence-electron chi connectivity index (χ4n) is 3.11. The number of halogens is 2. The second-order valence-electron chi connectivity index (χ2n) is 6.24. The Kier molecular flexibility index (Phi) is 4.86. The first kappa shape index (κ1) is 18.6. The third kappa shape index (κ3) is 3.38. The van der Waals surface area contributed by atoms with Crippen LogP contribution in [0.3, 0.4) is 0 Å². The van der Waals surface area contributed by atoms with Crippen molar-refractivity contribution in [3.8, 4) is 0 Å². The molecule has 0 unspecified atom stereocenters. The van der Waals surface area contributed by atoms with Crippen molar-refractivity contribution in [3.05, 3.63) is 58.0 Å². The van der Waals surface area contributed by atoms with E-state index in [-0.39, 0.29) is 6.54 Å². The third-order valence-electron chi connectivity index (χ3n) is 4.36. The van der Waals surface area contributed by atoms with E-state index in [2.05, 4.69) is 31.6 Å². The van der Waals surface area contributed by atoms with Gasteiger partial charge in [0, 0.05) is 15.2 Å². The van der Waals surface area contributed by atoms with Gasteiger partial charge in [0.15, 0.2) is 12.1 Å². The zero-order chi connectivity index (χ0) is 19.8. The number of carbonyl (C=O) groups is 3. The molecule has 1 fully saturated rings. The molecule has 0 radical (unpaired) electrons. The number of amides is 3. The molecule has 142 valence electrons. The zero-order valence-electron chi connectivity index (χ0n) is 14.3. The molecule has 2 aromatic carbocycles. The van der Waals surface area contributed by atoms with Gasteiger partial charge in [0.05, 0.1) is 5.69 Å². The van der Waals surface area contributed by atoms with Gasteiger partial charge in [-0.2, -0.15) is 5.11 Å². The largest absolute Gasteiger partial charge is 0.324 e. The van der Waals surface area contributed by atoms with Crippen molar-refractivity contribution in [2.45, 2.75) is 12.1 Å². The molecule has 1 N–H and O–H groups in total. The molecule has 2 aliphatic rings. The lowest BCUT2D eigenvalue weighted by Crippen LogP contribution is -2.43. The Morgan fingerprint density at radius 3 is 2.61 bits per heavy atom. The van der Waals surface area contributed by atoms with Crippen molar-refractivity contribution in [2.24, 2.45) is 10.3 Å². The minimum atomic E-state index is -0.949. The summed E-state index contributed by atoms with van der Waals surface area (Å²) in [4.78, 5) is 38.9. The predicted molar refractivity (Wildman–Crippen MR) is 106 cm³/mol. The number of anilines is 2. The van der Waals surface area contributed by atoms with E-state index in [0.29, 0.717) is 16.4 Å². The molecule has 2 aliphatic heterocycles. The molecule has 10 heteroatoms. The van der Waals surface area contributed by atoms with Crippen molar-refractivity contribution in [1.82, 2.24) is 5.01 Å². The maximum absolute atomic E-state index is 12.9. The van der Waals surface area contributed by atoms with Crippen molar-refractivity contribution in [3.63, 3.8) is 0 Å². The van der Waals surface area contributed by atoms with E-state index in [1.165, 1.54) is 5.01 Å².